The molecule has 2 rings (SSSR count). The number of hydrogen-bond acceptors (Lipinski definition) is 3. The molecule has 0 saturated carbocycles. The van der Waals surface area contributed by atoms with Crippen LogP contribution in [-0.4, -0.2) is 28.4 Å². The number of nitrogens with one attached hydrogen (secondary N) is 1. The fourth-order valence-corrected chi connectivity index (χ4v) is 2.69. The van der Waals surface area contributed by atoms with Gasteiger partial charge in [0.2, 0.25) is 0 Å². The standard InChI is InChI=1S/C16H23ClN4/c1-12(2)21-16(19-11-20-21)9-14(10-18-3)8-13-4-6-15(17)7-5-13/h4-7,11-12,14,18H,8-10H2,1-3H3. The normalized spacial score (nSPS) is 12.8. The molecule has 1 aromatic carbocycles. The Morgan fingerprint density at radius 3 is 2.52 bits per heavy atom. The molecule has 0 saturated heterocycles. The van der Waals surface area contributed by atoms with E-state index in [0.29, 0.717) is 12.0 Å². The maximum absolute atomic E-state index is 5.95. The maximum Gasteiger partial charge on any atom is 0.138 e. The summed E-state index contributed by atoms with van der Waals surface area (Å²) >= 11 is 5.95. The monoisotopic (exact) mass is 306 g/mol. The third-order valence-electron chi connectivity index (χ3n) is 3.54. The molecule has 4 nitrogen and oxygen atoms in total. The van der Waals surface area contributed by atoms with E-state index in [4.69, 9.17) is 11.6 Å². The fourth-order valence-electron chi connectivity index (χ4n) is 2.57. The summed E-state index contributed by atoms with van der Waals surface area (Å²) in [5.41, 5.74) is 1.30. The van der Waals surface area contributed by atoms with Gasteiger partial charge in [0.25, 0.3) is 0 Å². The molecule has 1 N–H and O–H groups in total. The molecule has 0 aliphatic heterocycles. The van der Waals surface area contributed by atoms with Crippen molar-refractivity contribution < 1.29 is 0 Å². The minimum atomic E-state index is 0.341. The third kappa shape index (κ3) is 4.55. The van der Waals surface area contributed by atoms with Crippen LogP contribution in [0.5, 0.6) is 0 Å². The van der Waals surface area contributed by atoms with Crippen LogP contribution in [-0.2, 0) is 12.8 Å². The zero-order chi connectivity index (χ0) is 15.2. The van der Waals surface area contributed by atoms with E-state index in [1.165, 1.54) is 5.56 Å². The number of benzene rings is 1. The van der Waals surface area contributed by atoms with Gasteiger partial charge in [-0.2, -0.15) is 5.10 Å². The van der Waals surface area contributed by atoms with Crippen LogP contribution < -0.4 is 5.32 Å². The molecule has 1 unspecified atom stereocenters. The largest absolute Gasteiger partial charge is 0.319 e. The lowest BCUT2D eigenvalue weighted by molar-refractivity contribution is 0.440. The molecule has 0 bridgehead atoms. The molecular formula is C16H23ClN4. The summed E-state index contributed by atoms with van der Waals surface area (Å²) in [5.74, 6) is 1.54. The Morgan fingerprint density at radius 1 is 1.19 bits per heavy atom. The average Bonchev–Trinajstić information content (AvgIpc) is 2.90. The van der Waals surface area contributed by atoms with Gasteiger partial charge < -0.3 is 5.32 Å². The number of rotatable bonds is 7. The van der Waals surface area contributed by atoms with Crippen LogP contribution in [0.3, 0.4) is 0 Å². The Hall–Kier alpha value is -1.39. The molecule has 114 valence electrons. The van der Waals surface area contributed by atoms with Gasteiger partial charge in [0.15, 0.2) is 0 Å². The second-order valence-electron chi connectivity index (χ2n) is 5.67. The Labute approximate surface area is 131 Å². The Bertz CT molecular complexity index is 548. The average molecular weight is 307 g/mol. The van der Waals surface area contributed by atoms with Crippen molar-refractivity contribution in [2.24, 2.45) is 5.92 Å². The van der Waals surface area contributed by atoms with E-state index in [2.05, 4.69) is 41.4 Å². The molecule has 0 fully saturated rings. The van der Waals surface area contributed by atoms with Gasteiger partial charge in [-0.05, 0) is 57.5 Å². The van der Waals surface area contributed by atoms with Crippen molar-refractivity contribution in [2.45, 2.75) is 32.7 Å². The lowest BCUT2D eigenvalue weighted by Gasteiger charge is -2.18. The highest BCUT2D eigenvalue weighted by Gasteiger charge is 2.15. The Balaban J connectivity index is 2.08. The molecule has 0 aliphatic rings. The van der Waals surface area contributed by atoms with E-state index in [1.54, 1.807) is 6.33 Å². The first-order valence-corrected chi connectivity index (χ1v) is 7.75. The zero-order valence-corrected chi connectivity index (χ0v) is 13.6. The SMILES string of the molecule is CNCC(Cc1ccc(Cl)cc1)Cc1ncnn1C(C)C. The molecule has 1 heterocycles. The van der Waals surface area contributed by atoms with Crippen molar-refractivity contribution in [3.8, 4) is 0 Å². The van der Waals surface area contributed by atoms with Crippen molar-refractivity contribution >= 4 is 11.6 Å². The van der Waals surface area contributed by atoms with Gasteiger partial charge in [-0.3, -0.25) is 0 Å². The molecule has 0 amide bonds. The molecule has 0 radical (unpaired) electrons. The molecule has 0 aliphatic carbocycles. The van der Waals surface area contributed by atoms with Gasteiger partial charge in [-0.1, -0.05) is 23.7 Å². The molecular weight excluding hydrogens is 284 g/mol. The van der Waals surface area contributed by atoms with Crippen molar-refractivity contribution in [2.75, 3.05) is 13.6 Å². The van der Waals surface area contributed by atoms with Gasteiger partial charge in [-0.15, -0.1) is 0 Å². The van der Waals surface area contributed by atoms with Crippen molar-refractivity contribution in [1.29, 1.82) is 0 Å². The topological polar surface area (TPSA) is 42.7 Å². The van der Waals surface area contributed by atoms with E-state index >= 15 is 0 Å². The quantitative estimate of drug-likeness (QED) is 0.854. The van der Waals surface area contributed by atoms with Gasteiger partial charge in [0.05, 0.1) is 0 Å². The summed E-state index contributed by atoms with van der Waals surface area (Å²) in [4.78, 5) is 4.42. The second-order valence-corrected chi connectivity index (χ2v) is 6.11. The predicted octanol–water partition coefficient (Wildman–Crippen LogP) is 3.13. The minimum absolute atomic E-state index is 0.341. The molecule has 2 aromatic rings. The minimum Gasteiger partial charge on any atom is -0.319 e. The molecule has 0 spiro atoms. The summed E-state index contributed by atoms with van der Waals surface area (Å²) < 4.78 is 2.00. The number of halogens is 1. The number of aromatic nitrogens is 3. The molecule has 1 aromatic heterocycles. The first kappa shape index (κ1) is 16.0. The van der Waals surface area contributed by atoms with Crippen LogP contribution >= 0.6 is 11.6 Å². The first-order valence-electron chi connectivity index (χ1n) is 7.37. The number of nitrogens with zero attached hydrogens (tertiary/aromatic N) is 3. The number of hydrogen-bond donors (Lipinski definition) is 1. The predicted molar refractivity (Wildman–Crippen MR) is 86.7 cm³/mol. The lowest BCUT2D eigenvalue weighted by Crippen LogP contribution is -2.24. The van der Waals surface area contributed by atoms with Gasteiger partial charge in [-0.25, -0.2) is 9.67 Å². The van der Waals surface area contributed by atoms with E-state index in [-0.39, 0.29) is 0 Å². The van der Waals surface area contributed by atoms with Crippen LogP contribution in [0.15, 0.2) is 30.6 Å². The Kier molecular flexibility index (Phi) is 5.76. The Morgan fingerprint density at radius 2 is 1.90 bits per heavy atom. The van der Waals surface area contributed by atoms with Crippen LogP contribution in [0.25, 0.3) is 0 Å². The maximum atomic E-state index is 5.95. The van der Waals surface area contributed by atoms with Crippen LogP contribution in [0.4, 0.5) is 0 Å². The van der Waals surface area contributed by atoms with Gasteiger partial charge in [0.1, 0.15) is 12.2 Å². The van der Waals surface area contributed by atoms with Gasteiger partial charge in [0, 0.05) is 17.5 Å². The summed E-state index contributed by atoms with van der Waals surface area (Å²) in [6.45, 7) is 5.21. The van der Waals surface area contributed by atoms with Crippen LogP contribution in [0.1, 0.15) is 31.3 Å². The van der Waals surface area contributed by atoms with E-state index in [0.717, 1.165) is 30.2 Å². The first-order chi connectivity index (χ1) is 10.1. The summed E-state index contributed by atoms with van der Waals surface area (Å²) in [6.07, 6.45) is 3.57. The zero-order valence-electron chi connectivity index (χ0n) is 12.9. The van der Waals surface area contributed by atoms with E-state index < -0.39 is 0 Å². The highest BCUT2D eigenvalue weighted by molar-refractivity contribution is 6.30. The molecule has 5 heteroatoms. The lowest BCUT2D eigenvalue weighted by atomic mass is 9.95. The van der Waals surface area contributed by atoms with Crippen molar-refractivity contribution in [1.82, 2.24) is 20.1 Å². The summed E-state index contributed by atoms with van der Waals surface area (Å²) in [6, 6.07) is 8.43. The van der Waals surface area contributed by atoms with Gasteiger partial charge >= 0.3 is 0 Å². The van der Waals surface area contributed by atoms with E-state index in [1.807, 2.05) is 23.9 Å². The van der Waals surface area contributed by atoms with Crippen LogP contribution in [0, 0.1) is 5.92 Å². The van der Waals surface area contributed by atoms with Crippen molar-refractivity contribution in [3.05, 3.63) is 47.0 Å². The second kappa shape index (κ2) is 7.57. The smallest absolute Gasteiger partial charge is 0.138 e. The highest BCUT2D eigenvalue weighted by Crippen LogP contribution is 2.17. The third-order valence-corrected chi connectivity index (χ3v) is 3.79. The molecule has 1 atom stereocenters. The fraction of sp³-hybridized carbons (Fsp3) is 0.500. The van der Waals surface area contributed by atoms with Crippen LogP contribution in [0.2, 0.25) is 5.02 Å². The summed E-state index contributed by atoms with van der Waals surface area (Å²) in [7, 11) is 1.99. The van der Waals surface area contributed by atoms with E-state index in [9.17, 15) is 0 Å². The highest BCUT2D eigenvalue weighted by atomic mass is 35.5. The van der Waals surface area contributed by atoms with Crippen molar-refractivity contribution in [3.63, 3.8) is 0 Å². The molecule has 21 heavy (non-hydrogen) atoms. The summed E-state index contributed by atoms with van der Waals surface area (Å²) in [5, 5.41) is 8.37.